The molecule has 0 aromatic heterocycles. The van der Waals surface area contributed by atoms with Crippen molar-refractivity contribution >= 4 is 12.1 Å². The van der Waals surface area contributed by atoms with Gasteiger partial charge in [-0.05, 0) is 105 Å². The van der Waals surface area contributed by atoms with E-state index >= 15 is 0 Å². The van der Waals surface area contributed by atoms with Gasteiger partial charge in [-0.3, -0.25) is 4.79 Å². The lowest BCUT2D eigenvalue weighted by atomic mass is 9.42. The molecule has 1 amide bonds. The molecule has 0 aromatic carbocycles. The lowest BCUT2D eigenvalue weighted by Crippen LogP contribution is -2.66. The predicted octanol–water partition coefficient (Wildman–Crippen LogP) is 5.05. The average molecular weight is 461 g/mol. The molecule has 186 valence electrons. The second-order valence-corrected chi connectivity index (χ2v) is 12.9. The van der Waals surface area contributed by atoms with Crippen molar-refractivity contribution in [2.45, 2.75) is 103 Å². The zero-order chi connectivity index (χ0) is 23.6. The van der Waals surface area contributed by atoms with Crippen LogP contribution in [0.2, 0.25) is 0 Å². The molecule has 3 N–H and O–H groups in total. The van der Waals surface area contributed by atoms with Crippen molar-refractivity contribution in [2.75, 3.05) is 13.1 Å². The number of ether oxygens (including phenoxy) is 1. The van der Waals surface area contributed by atoms with Gasteiger partial charge in [0.15, 0.2) is 0 Å². The Bertz CT molecular complexity index is 803. The minimum Gasteiger partial charge on any atom is -0.481 e. The second kappa shape index (κ2) is 8.13. The quantitative estimate of drug-likeness (QED) is 0.602. The maximum Gasteiger partial charge on any atom is 0.410 e. The number of carboxylic acid groups (broad SMARTS) is 1. The summed E-state index contributed by atoms with van der Waals surface area (Å²) < 4.78 is 6.05. The van der Waals surface area contributed by atoms with Crippen LogP contribution in [0.5, 0.6) is 0 Å². The largest absolute Gasteiger partial charge is 0.481 e. The fraction of sp³-hybridized carbons (Fsp3) is 0.926. The Hall–Kier alpha value is -1.30. The Morgan fingerprint density at radius 2 is 1.79 bits per heavy atom. The molecule has 1 aliphatic heterocycles. The highest BCUT2D eigenvalue weighted by Gasteiger charge is 2.67. The molecule has 5 rings (SSSR count). The number of piperidine rings is 1. The van der Waals surface area contributed by atoms with Crippen molar-refractivity contribution in [2.24, 2.45) is 46.2 Å². The van der Waals surface area contributed by atoms with Gasteiger partial charge in [0.1, 0.15) is 6.10 Å². The summed E-state index contributed by atoms with van der Waals surface area (Å²) in [6.07, 6.45) is 11.0. The van der Waals surface area contributed by atoms with Crippen LogP contribution in [0.3, 0.4) is 0 Å². The molecule has 0 aromatic rings. The molecule has 0 bridgehead atoms. The minimum atomic E-state index is -0.659. The van der Waals surface area contributed by atoms with E-state index in [4.69, 9.17) is 10.5 Å². The molecular weight excluding hydrogens is 416 g/mol. The average Bonchev–Trinajstić information content (AvgIpc) is 3.05. The van der Waals surface area contributed by atoms with Crippen molar-refractivity contribution in [1.82, 2.24) is 4.90 Å². The number of fused-ring (bicyclic) bond motifs is 5. The van der Waals surface area contributed by atoms with Gasteiger partial charge in [-0.25, -0.2) is 4.79 Å². The van der Waals surface area contributed by atoms with Crippen molar-refractivity contribution < 1.29 is 19.4 Å². The van der Waals surface area contributed by atoms with Crippen molar-refractivity contribution in [3.05, 3.63) is 0 Å². The first-order chi connectivity index (χ1) is 15.6. The van der Waals surface area contributed by atoms with Crippen LogP contribution in [0.15, 0.2) is 0 Å². The van der Waals surface area contributed by atoms with Crippen LogP contribution in [-0.2, 0) is 9.53 Å². The summed E-state index contributed by atoms with van der Waals surface area (Å²) in [5.74, 6) is 1.13. The summed E-state index contributed by atoms with van der Waals surface area (Å²) in [6, 6.07) is 0. The number of aliphatic carboxylic acids is 1. The van der Waals surface area contributed by atoms with Crippen LogP contribution in [0.25, 0.3) is 0 Å². The van der Waals surface area contributed by atoms with Crippen LogP contribution in [0.4, 0.5) is 4.79 Å². The first-order valence-corrected chi connectivity index (χ1v) is 13.6. The van der Waals surface area contributed by atoms with E-state index in [0.717, 1.165) is 77.3 Å². The van der Waals surface area contributed by atoms with E-state index < -0.39 is 5.97 Å². The SMILES string of the molecule is CC1CCCN(C(=O)OC2CC[C@@]3(C)C(CC[C@@H]4[C@H]3CC[C@]3(C)C(C(=O)O)CC[C@@]43N)C2)C1. The molecule has 6 heteroatoms. The summed E-state index contributed by atoms with van der Waals surface area (Å²) in [4.78, 5) is 26.7. The maximum atomic E-state index is 12.8. The van der Waals surface area contributed by atoms with Gasteiger partial charge >= 0.3 is 12.1 Å². The van der Waals surface area contributed by atoms with Gasteiger partial charge in [0, 0.05) is 18.6 Å². The standard InChI is InChI=1S/C27H44N2O4/c1-17-5-4-14-29(16-17)24(32)33-19-8-11-25(2)18(15-19)6-7-21-20(25)9-12-26(3)22(23(30)31)10-13-27(21,26)28/h17-22H,4-16,28H2,1-3H3,(H,30,31)/t17?,18?,19?,20-,21-,22?,25+,26-,27-/m1/s1. The van der Waals surface area contributed by atoms with Crippen LogP contribution in [0, 0.1) is 40.4 Å². The molecular formula is C27H44N2O4. The molecule has 0 spiro atoms. The number of amides is 1. The van der Waals surface area contributed by atoms with E-state index in [-0.39, 0.29) is 34.5 Å². The number of nitrogens with two attached hydrogens (primary N) is 1. The fourth-order valence-corrected chi connectivity index (χ4v) is 9.36. The van der Waals surface area contributed by atoms with Gasteiger partial charge in [-0.15, -0.1) is 0 Å². The highest BCUT2D eigenvalue weighted by Crippen LogP contribution is 2.68. The Labute approximate surface area is 199 Å². The van der Waals surface area contributed by atoms with E-state index in [1.54, 1.807) is 0 Å². The Kier molecular flexibility index (Phi) is 5.78. The molecule has 9 atom stereocenters. The number of likely N-dealkylation sites (tertiary alicyclic amines) is 1. The molecule has 4 aliphatic carbocycles. The van der Waals surface area contributed by atoms with Gasteiger partial charge in [0.25, 0.3) is 0 Å². The fourth-order valence-electron chi connectivity index (χ4n) is 9.36. The van der Waals surface area contributed by atoms with Crippen LogP contribution < -0.4 is 5.73 Å². The van der Waals surface area contributed by atoms with E-state index in [0.29, 0.717) is 23.7 Å². The number of hydrogen-bond acceptors (Lipinski definition) is 4. The number of carbonyl (C=O) groups excluding carboxylic acids is 1. The van der Waals surface area contributed by atoms with Gasteiger partial charge < -0.3 is 20.5 Å². The molecule has 4 saturated carbocycles. The summed E-state index contributed by atoms with van der Waals surface area (Å²) in [5, 5.41) is 9.88. The van der Waals surface area contributed by atoms with Crippen molar-refractivity contribution in [3.63, 3.8) is 0 Å². The third kappa shape index (κ3) is 3.52. The second-order valence-electron chi connectivity index (χ2n) is 12.9. The normalized spacial score (nSPS) is 49.5. The number of hydrogen-bond donors (Lipinski definition) is 2. The lowest BCUT2D eigenvalue weighted by molar-refractivity contribution is -0.157. The van der Waals surface area contributed by atoms with Crippen LogP contribution >= 0.6 is 0 Å². The van der Waals surface area contributed by atoms with E-state index in [2.05, 4.69) is 20.8 Å². The summed E-state index contributed by atoms with van der Waals surface area (Å²) in [5.41, 5.74) is 6.78. The third-order valence-electron chi connectivity index (χ3n) is 11.4. The Balaban J connectivity index is 1.27. The maximum absolute atomic E-state index is 12.8. The summed E-state index contributed by atoms with van der Waals surface area (Å²) in [6.45, 7) is 8.50. The zero-order valence-electron chi connectivity index (χ0n) is 20.9. The summed E-state index contributed by atoms with van der Waals surface area (Å²) in [7, 11) is 0. The molecule has 33 heavy (non-hydrogen) atoms. The summed E-state index contributed by atoms with van der Waals surface area (Å²) >= 11 is 0. The number of nitrogens with zero attached hydrogens (tertiary/aromatic N) is 1. The first-order valence-electron chi connectivity index (χ1n) is 13.6. The molecule has 0 radical (unpaired) electrons. The van der Waals surface area contributed by atoms with E-state index in [1.807, 2.05) is 4.90 Å². The zero-order valence-corrected chi connectivity index (χ0v) is 20.9. The highest BCUT2D eigenvalue weighted by molar-refractivity contribution is 5.72. The molecule has 5 aliphatic rings. The molecule has 1 heterocycles. The van der Waals surface area contributed by atoms with Crippen LogP contribution in [0.1, 0.15) is 91.4 Å². The van der Waals surface area contributed by atoms with Gasteiger partial charge in [-0.1, -0.05) is 20.8 Å². The van der Waals surface area contributed by atoms with Gasteiger partial charge in [-0.2, -0.15) is 0 Å². The molecule has 4 unspecified atom stereocenters. The number of rotatable bonds is 2. The third-order valence-corrected chi connectivity index (χ3v) is 11.4. The molecule has 5 fully saturated rings. The molecule has 6 nitrogen and oxygen atoms in total. The van der Waals surface area contributed by atoms with Gasteiger partial charge in [0.05, 0.1) is 5.92 Å². The van der Waals surface area contributed by atoms with Crippen molar-refractivity contribution in [3.8, 4) is 0 Å². The highest BCUT2D eigenvalue weighted by atomic mass is 16.6. The smallest absolute Gasteiger partial charge is 0.410 e. The van der Waals surface area contributed by atoms with Crippen molar-refractivity contribution in [1.29, 1.82) is 0 Å². The molecule has 1 saturated heterocycles. The topological polar surface area (TPSA) is 92.9 Å². The van der Waals surface area contributed by atoms with E-state index in [1.165, 1.54) is 6.42 Å². The van der Waals surface area contributed by atoms with Crippen LogP contribution in [-0.4, -0.2) is 46.8 Å². The first kappa shape index (κ1) is 23.4. The van der Waals surface area contributed by atoms with Gasteiger partial charge in [0.2, 0.25) is 0 Å². The monoisotopic (exact) mass is 460 g/mol. The Morgan fingerprint density at radius 1 is 1.00 bits per heavy atom. The lowest BCUT2D eigenvalue weighted by Gasteiger charge is -2.64. The van der Waals surface area contributed by atoms with E-state index in [9.17, 15) is 14.7 Å². The predicted molar refractivity (Wildman–Crippen MR) is 127 cm³/mol. The minimum absolute atomic E-state index is 0.0351. The number of carboxylic acids is 1. The number of carbonyl (C=O) groups is 2. The Morgan fingerprint density at radius 3 is 2.52 bits per heavy atom.